The van der Waals surface area contributed by atoms with Gasteiger partial charge in [-0.1, -0.05) is 24.3 Å². The maximum absolute atomic E-state index is 13.4. The van der Waals surface area contributed by atoms with Crippen molar-refractivity contribution in [3.05, 3.63) is 59.2 Å². The molecule has 192 valence electrons. The van der Waals surface area contributed by atoms with Crippen molar-refractivity contribution in [3.63, 3.8) is 0 Å². The first kappa shape index (κ1) is 24.6. The van der Waals surface area contributed by atoms with Gasteiger partial charge in [0, 0.05) is 72.3 Å². The predicted molar refractivity (Wildman–Crippen MR) is 138 cm³/mol. The molecule has 5 rings (SSSR count). The van der Waals surface area contributed by atoms with Crippen LogP contribution in [0.4, 0.5) is 5.69 Å². The number of fused-ring (bicyclic) bond motifs is 2. The van der Waals surface area contributed by atoms with Crippen molar-refractivity contribution >= 4 is 17.5 Å². The third kappa shape index (κ3) is 5.34. The molecule has 3 aliphatic rings. The van der Waals surface area contributed by atoms with Crippen LogP contribution in [0.15, 0.2) is 42.5 Å². The Morgan fingerprint density at radius 2 is 1.89 bits per heavy atom. The molecule has 2 amide bonds. The summed E-state index contributed by atoms with van der Waals surface area (Å²) in [6, 6.07) is 14.1. The summed E-state index contributed by atoms with van der Waals surface area (Å²) in [5, 5.41) is 10.9. The van der Waals surface area contributed by atoms with Gasteiger partial charge < -0.3 is 24.5 Å². The lowest BCUT2D eigenvalue weighted by Gasteiger charge is -2.32. The van der Waals surface area contributed by atoms with Crippen molar-refractivity contribution in [2.24, 2.45) is 0 Å². The molecule has 0 spiro atoms. The van der Waals surface area contributed by atoms with E-state index in [1.54, 1.807) is 16.7 Å². The molecule has 2 aromatic carbocycles. The number of benzene rings is 2. The van der Waals surface area contributed by atoms with Gasteiger partial charge in [-0.15, -0.1) is 0 Å². The number of likely N-dealkylation sites (N-methyl/N-ethyl adjacent to an activating group) is 1. The molecule has 2 atom stereocenters. The normalized spacial score (nSPS) is 21.1. The Labute approximate surface area is 213 Å². The molecule has 3 aliphatic heterocycles. The number of anilines is 1. The molecule has 8 nitrogen and oxygen atoms in total. The van der Waals surface area contributed by atoms with Crippen molar-refractivity contribution in [1.82, 2.24) is 14.7 Å². The van der Waals surface area contributed by atoms with Gasteiger partial charge in [-0.2, -0.15) is 0 Å². The average molecular weight is 493 g/mol. The molecule has 0 aromatic heterocycles. The summed E-state index contributed by atoms with van der Waals surface area (Å²) in [5.41, 5.74) is 4.17. The van der Waals surface area contributed by atoms with Crippen LogP contribution in [0.5, 0.6) is 5.75 Å². The molecule has 0 unspecified atom stereocenters. The van der Waals surface area contributed by atoms with Crippen molar-refractivity contribution < 1.29 is 19.4 Å². The zero-order chi connectivity index (χ0) is 25.2. The zero-order valence-corrected chi connectivity index (χ0v) is 21.2. The van der Waals surface area contributed by atoms with Crippen molar-refractivity contribution in [2.75, 3.05) is 57.8 Å². The number of carbonyl (C=O) groups excluding carboxylic acids is 2. The molecule has 0 bridgehead atoms. The van der Waals surface area contributed by atoms with E-state index in [9.17, 15) is 14.7 Å². The molecule has 1 N–H and O–H groups in total. The smallest absolute Gasteiger partial charge is 0.256 e. The molecular weight excluding hydrogens is 456 g/mol. The summed E-state index contributed by atoms with van der Waals surface area (Å²) in [5.74, 6) is 0.718. The highest BCUT2D eigenvalue weighted by Gasteiger charge is 2.29. The van der Waals surface area contributed by atoms with Gasteiger partial charge in [0.15, 0.2) is 0 Å². The van der Waals surface area contributed by atoms with E-state index in [1.807, 2.05) is 25.2 Å². The Morgan fingerprint density at radius 1 is 1.08 bits per heavy atom. The highest BCUT2D eigenvalue weighted by Crippen LogP contribution is 2.30. The quantitative estimate of drug-likeness (QED) is 0.665. The second-order valence-electron chi connectivity index (χ2n) is 10.3. The number of carbonyl (C=O) groups is 2. The van der Waals surface area contributed by atoms with Crippen molar-refractivity contribution in [3.8, 4) is 5.75 Å². The Hall–Kier alpha value is -3.10. The number of likely N-dealkylation sites (tertiary alicyclic amines) is 1. The lowest BCUT2D eigenvalue weighted by atomic mass is 10.00. The minimum Gasteiger partial charge on any atom is -0.488 e. The number of amides is 2. The number of ether oxygens (including phenoxy) is 1. The summed E-state index contributed by atoms with van der Waals surface area (Å²) in [6.45, 7) is 6.73. The number of rotatable bonds is 6. The van der Waals surface area contributed by atoms with Gasteiger partial charge >= 0.3 is 0 Å². The SMILES string of the molecule is CC(=O)N1CC[C@@H](Oc2ccc3c(c2)N(C)CCN(C[C@H](O)CN2CCc4ccccc4C2)C3=O)C1. The number of aliphatic hydroxyl groups excluding tert-OH is 1. The number of β-amino-alcohol motifs (C(OH)–C–C–N with tert-alkyl or cyclic N) is 1. The monoisotopic (exact) mass is 492 g/mol. The zero-order valence-electron chi connectivity index (χ0n) is 21.2. The fraction of sp³-hybridized carbons (Fsp3) is 0.500. The number of hydrogen-bond acceptors (Lipinski definition) is 6. The molecule has 2 aromatic rings. The fourth-order valence-corrected chi connectivity index (χ4v) is 5.54. The second-order valence-corrected chi connectivity index (χ2v) is 10.3. The Balaban J connectivity index is 1.21. The lowest BCUT2D eigenvalue weighted by molar-refractivity contribution is -0.128. The maximum Gasteiger partial charge on any atom is 0.256 e. The molecule has 0 radical (unpaired) electrons. The van der Waals surface area contributed by atoms with E-state index in [0.29, 0.717) is 50.6 Å². The third-order valence-corrected chi connectivity index (χ3v) is 7.61. The highest BCUT2D eigenvalue weighted by atomic mass is 16.5. The van der Waals surface area contributed by atoms with Gasteiger partial charge in [-0.3, -0.25) is 14.5 Å². The van der Waals surface area contributed by atoms with E-state index >= 15 is 0 Å². The molecule has 8 heteroatoms. The van der Waals surface area contributed by atoms with Gasteiger partial charge in [-0.05, 0) is 29.7 Å². The first-order valence-electron chi connectivity index (χ1n) is 12.9. The molecule has 3 heterocycles. The molecule has 0 saturated carbocycles. The summed E-state index contributed by atoms with van der Waals surface area (Å²) in [7, 11) is 1.98. The van der Waals surface area contributed by atoms with Crippen LogP contribution in [0.1, 0.15) is 34.8 Å². The van der Waals surface area contributed by atoms with E-state index in [1.165, 1.54) is 11.1 Å². The van der Waals surface area contributed by atoms with Gasteiger partial charge in [0.05, 0.1) is 23.9 Å². The van der Waals surface area contributed by atoms with E-state index in [-0.39, 0.29) is 17.9 Å². The third-order valence-electron chi connectivity index (χ3n) is 7.61. The van der Waals surface area contributed by atoms with E-state index < -0.39 is 6.10 Å². The van der Waals surface area contributed by atoms with Crippen LogP contribution in [-0.4, -0.2) is 96.7 Å². The molecule has 1 fully saturated rings. The van der Waals surface area contributed by atoms with Crippen LogP contribution in [0.2, 0.25) is 0 Å². The molecule has 36 heavy (non-hydrogen) atoms. The summed E-state index contributed by atoms with van der Waals surface area (Å²) in [4.78, 5) is 33.0. The predicted octanol–water partition coefficient (Wildman–Crippen LogP) is 2.00. The lowest BCUT2D eigenvalue weighted by Crippen LogP contribution is -2.44. The first-order chi connectivity index (χ1) is 17.4. The average Bonchev–Trinajstić information content (AvgIpc) is 3.30. The van der Waals surface area contributed by atoms with Crippen LogP contribution < -0.4 is 9.64 Å². The standard InChI is InChI=1S/C28H36N4O4/c1-20(33)31-12-10-25(19-31)36-24-7-8-26-27(15-24)29(2)13-14-32(28(26)35)18-23(34)17-30-11-9-21-5-3-4-6-22(21)16-30/h3-8,15,23,25,34H,9-14,16-19H2,1-2H3/t23-,25-/m1/s1. The number of nitrogens with zero attached hydrogens (tertiary/aromatic N) is 4. The van der Waals surface area contributed by atoms with E-state index in [2.05, 4.69) is 34.1 Å². The topological polar surface area (TPSA) is 76.6 Å². The minimum absolute atomic E-state index is 0.0351. The second kappa shape index (κ2) is 10.5. The van der Waals surface area contributed by atoms with Gasteiger partial charge in [0.2, 0.25) is 5.91 Å². The molecule has 0 aliphatic carbocycles. The van der Waals surface area contributed by atoms with Crippen molar-refractivity contribution in [2.45, 2.75) is 38.5 Å². The fourth-order valence-electron chi connectivity index (χ4n) is 5.54. The number of aliphatic hydroxyl groups is 1. The Kier molecular flexibility index (Phi) is 7.16. The van der Waals surface area contributed by atoms with Crippen LogP contribution in [0, 0.1) is 0 Å². The molecular formula is C28H36N4O4. The van der Waals surface area contributed by atoms with Crippen LogP contribution in [0.25, 0.3) is 0 Å². The number of hydrogen-bond donors (Lipinski definition) is 1. The maximum atomic E-state index is 13.4. The molecule has 1 saturated heterocycles. The highest BCUT2D eigenvalue weighted by molar-refractivity contribution is 6.00. The largest absolute Gasteiger partial charge is 0.488 e. The summed E-state index contributed by atoms with van der Waals surface area (Å²) >= 11 is 0. The minimum atomic E-state index is -0.611. The first-order valence-corrected chi connectivity index (χ1v) is 12.9. The summed E-state index contributed by atoms with van der Waals surface area (Å²) < 4.78 is 6.16. The van der Waals surface area contributed by atoms with Crippen LogP contribution in [0.3, 0.4) is 0 Å². The Bertz CT molecular complexity index is 1120. The van der Waals surface area contributed by atoms with Gasteiger partial charge in [0.25, 0.3) is 5.91 Å². The van der Waals surface area contributed by atoms with E-state index in [4.69, 9.17) is 4.74 Å². The van der Waals surface area contributed by atoms with Crippen LogP contribution in [-0.2, 0) is 17.8 Å². The van der Waals surface area contributed by atoms with E-state index in [0.717, 1.165) is 31.6 Å². The van der Waals surface area contributed by atoms with Crippen molar-refractivity contribution in [1.29, 1.82) is 0 Å². The summed E-state index contributed by atoms with van der Waals surface area (Å²) in [6.07, 6.45) is 1.15. The van der Waals surface area contributed by atoms with Crippen LogP contribution >= 0.6 is 0 Å². The Morgan fingerprint density at radius 3 is 2.67 bits per heavy atom. The van der Waals surface area contributed by atoms with Gasteiger partial charge in [0.1, 0.15) is 11.9 Å². The van der Waals surface area contributed by atoms with Gasteiger partial charge in [-0.25, -0.2) is 0 Å².